The van der Waals surface area contributed by atoms with Gasteiger partial charge in [-0.3, -0.25) is 9.69 Å². The van der Waals surface area contributed by atoms with Gasteiger partial charge in [-0.2, -0.15) is 0 Å². The number of aromatic nitrogens is 1. The molecule has 0 aliphatic carbocycles. The van der Waals surface area contributed by atoms with Gasteiger partial charge in [0.2, 0.25) is 5.91 Å². The SMILES string of the molecule is O=C1C[C@@H]2CS(=O)(=O)C[C@@H]2N1c1nc2ccc(Oc3ccccc3)cc2s1. The van der Waals surface area contributed by atoms with Crippen LogP contribution in [0.5, 0.6) is 11.5 Å². The molecule has 5 rings (SSSR count). The van der Waals surface area contributed by atoms with Gasteiger partial charge in [0.05, 0.1) is 27.8 Å². The summed E-state index contributed by atoms with van der Waals surface area (Å²) in [5.74, 6) is 1.40. The van der Waals surface area contributed by atoms with E-state index in [4.69, 9.17) is 4.74 Å². The maximum Gasteiger partial charge on any atom is 0.229 e. The Bertz CT molecular complexity index is 1140. The van der Waals surface area contributed by atoms with E-state index in [1.807, 2.05) is 48.5 Å². The first-order chi connectivity index (χ1) is 13.0. The number of fused-ring (bicyclic) bond motifs is 2. The molecule has 0 saturated carbocycles. The average molecular weight is 400 g/mol. The highest BCUT2D eigenvalue weighted by molar-refractivity contribution is 7.91. The van der Waals surface area contributed by atoms with Crippen molar-refractivity contribution in [1.82, 2.24) is 4.98 Å². The molecule has 0 radical (unpaired) electrons. The minimum Gasteiger partial charge on any atom is -0.457 e. The van der Waals surface area contributed by atoms with Gasteiger partial charge in [0.1, 0.15) is 11.5 Å². The molecule has 3 heterocycles. The van der Waals surface area contributed by atoms with Gasteiger partial charge in [-0.1, -0.05) is 29.5 Å². The summed E-state index contributed by atoms with van der Waals surface area (Å²) in [6.45, 7) is 0. The Morgan fingerprint density at radius 1 is 1.07 bits per heavy atom. The average Bonchev–Trinajstić information content (AvgIpc) is 3.24. The molecule has 2 fully saturated rings. The largest absolute Gasteiger partial charge is 0.457 e. The van der Waals surface area contributed by atoms with E-state index in [0.717, 1.165) is 16.0 Å². The van der Waals surface area contributed by atoms with E-state index in [1.54, 1.807) is 4.90 Å². The number of rotatable bonds is 3. The topological polar surface area (TPSA) is 76.6 Å². The molecule has 6 nitrogen and oxygen atoms in total. The van der Waals surface area contributed by atoms with Gasteiger partial charge in [0.25, 0.3) is 0 Å². The van der Waals surface area contributed by atoms with Gasteiger partial charge in [-0.05, 0) is 24.3 Å². The van der Waals surface area contributed by atoms with Crippen LogP contribution in [0.2, 0.25) is 0 Å². The molecule has 1 amide bonds. The first-order valence-corrected chi connectivity index (χ1v) is 11.3. The lowest BCUT2D eigenvalue weighted by Crippen LogP contribution is -2.36. The zero-order valence-electron chi connectivity index (χ0n) is 14.2. The Labute approximate surface area is 160 Å². The van der Waals surface area contributed by atoms with Crippen LogP contribution in [-0.2, 0) is 14.6 Å². The number of nitrogens with zero attached hydrogens (tertiary/aromatic N) is 2. The van der Waals surface area contributed by atoms with Gasteiger partial charge in [-0.25, -0.2) is 13.4 Å². The summed E-state index contributed by atoms with van der Waals surface area (Å²) in [5, 5.41) is 0.566. The van der Waals surface area contributed by atoms with Crippen LogP contribution in [0.15, 0.2) is 48.5 Å². The van der Waals surface area contributed by atoms with Crippen LogP contribution in [0.1, 0.15) is 6.42 Å². The van der Waals surface area contributed by atoms with Gasteiger partial charge in [0, 0.05) is 18.4 Å². The molecule has 2 aliphatic heterocycles. The highest BCUT2D eigenvalue weighted by Crippen LogP contribution is 2.40. The van der Waals surface area contributed by atoms with Crippen molar-refractivity contribution in [3.63, 3.8) is 0 Å². The van der Waals surface area contributed by atoms with E-state index < -0.39 is 9.84 Å². The molecule has 0 N–H and O–H groups in total. The van der Waals surface area contributed by atoms with Crippen LogP contribution in [0.3, 0.4) is 0 Å². The standard InChI is InChI=1S/C19H16N2O4S2/c22-18-8-12-10-27(23,24)11-16(12)21(18)19-20-15-7-6-14(9-17(15)26-19)25-13-4-2-1-3-5-13/h1-7,9,12,16H,8,10-11H2/t12-,16+/m1/s1. The van der Waals surface area contributed by atoms with Crippen LogP contribution < -0.4 is 9.64 Å². The number of hydrogen-bond donors (Lipinski definition) is 0. The molecule has 1 aromatic heterocycles. The van der Waals surface area contributed by atoms with Crippen LogP contribution in [0.25, 0.3) is 10.2 Å². The Morgan fingerprint density at radius 3 is 2.70 bits per heavy atom. The van der Waals surface area contributed by atoms with E-state index in [0.29, 0.717) is 10.9 Å². The predicted molar refractivity (Wildman–Crippen MR) is 104 cm³/mol. The number of benzene rings is 2. The molecular weight excluding hydrogens is 384 g/mol. The number of ether oxygens (including phenoxy) is 1. The fourth-order valence-electron chi connectivity index (χ4n) is 3.82. The summed E-state index contributed by atoms with van der Waals surface area (Å²) in [5.41, 5.74) is 0.771. The molecule has 27 heavy (non-hydrogen) atoms. The predicted octanol–water partition coefficient (Wildman–Crippen LogP) is 3.24. The maximum absolute atomic E-state index is 12.5. The molecule has 0 spiro atoms. The van der Waals surface area contributed by atoms with Crippen LogP contribution >= 0.6 is 11.3 Å². The minimum atomic E-state index is -3.08. The molecular formula is C19H16N2O4S2. The number of hydrogen-bond acceptors (Lipinski definition) is 6. The fourth-order valence-corrected chi connectivity index (χ4v) is 6.96. The van der Waals surface area contributed by atoms with E-state index in [2.05, 4.69) is 4.98 Å². The summed E-state index contributed by atoms with van der Waals surface area (Å²) in [6, 6.07) is 14.8. The highest BCUT2D eigenvalue weighted by atomic mass is 32.2. The second-order valence-corrected chi connectivity index (χ2v) is 10.1. The fraction of sp³-hybridized carbons (Fsp3) is 0.263. The lowest BCUT2D eigenvalue weighted by atomic mass is 10.1. The van der Waals surface area contributed by atoms with Crippen LogP contribution in [-0.4, -0.2) is 36.9 Å². The van der Waals surface area contributed by atoms with Crippen LogP contribution in [0, 0.1) is 5.92 Å². The Morgan fingerprint density at radius 2 is 1.89 bits per heavy atom. The lowest BCUT2D eigenvalue weighted by molar-refractivity contribution is -0.117. The number of sulfone groups is 1. The summed E-state index contributed by atoms with van der Waals surface area (Å²) in [7, 11) is -3.08. The molecule has 0 unspecified atom stereocenters. The first kappa shape index (κ1) is 16.7. The van der Waals surface area contributed by atoms with Crippen molar-refractivity contribution in [2.45, 2.75) is 12.5 Å². The Balaban J connectivity index is 1.47. The third-order valence-electron chi connectivity index (χ3n) is 5.01. The molecule has 3 aromatic rings. The molecule has 2 atom stereocenters. The van der Waals surface area contributed by atoms with Gasteiger partial charge in [-0.15, -0.1) is 0 Å². The van der Waals surface area contributed by atoms with E-state index in [-0.39, 0.29) is 35.8 Å². The number of anilines is 1. The normalized spacial score (nSPS) is 23.7. The van der Waals surface area contributed by atoms with Crippen molar-refractivity contribution >= 4 is 42.4 Å². The first-order valence-electron chi connectivity index (χ1n) is 8.64. The zero-order chi connectivity index (χ0) is 18.6. The summed E-state index contributed by atoms with van der Waals surface area (Å²) < 4.78 is 30.6. The molecule has 8 heteroatoms. The summed E-state index contributed by atoms with van der Waals surface area (Å²) in [6.07, 6.45) is 0.280. The molecule has 0 bridgehead atoms. The second-order valence-electron chi connectivity index (χ2n) is 6.91. The smallest absolute Gasteiger partial charge is 0.229 e. The van der Waals surface area contributed by atoms with Crippen molar-refractivity contribution in [2.24, 2.45) is 5.92 Å². The van der Waals surface area contributed by atoms with Gasteiger partial charge in [0.15, 0.2) is 15.0 Å². The Kier molecular flexibility index (Phi) is 3.73. The van der Waals surface area contributed by atoms with Crippen molar-refractivity contribution in [3.05, 3.63) is 48.5 Å². The van der Waals surface area contributed by atoms with E-state index in [9.17, 15) is 13.2 Å². The number of carbonyl (C=O) groups excluding carboxylic acids is 1. The third kappa shape index (κ3) is 2.98. The molecule has 2 aliphatic rings. The monoisotopic (exact) mass is 400 g/mol. The number of amides is 1. The van der Waals surface area contributed by atoms with Crippen molar-refractivity contribution in [2.75, 3.05) is 16.4 Å². The number of para-hydroxylation sites is 1. The van der Waals surface area contributed by atoms with Crippen molar-refractivity contribution in [1.29, 1.82) is 0 Å². The van der Waals surface area contributed by atoms with Crippen molar-refractivity contribution < 1.29 is 17.9 Å². The summed E-state index contributed by atoms with van der Waals surface area (Å²) >= 11 is 1.39. The lowest BCUT2D eigenvalue weighted by Gasteiger charge is -2.19. The summed E-state index contributed by atoms with van der Waals surface area (Å²) in [4.78, 5) is 18.6. The molecule has 138 valence electrons. The third-order valence-corrected chi connectivity index (χ3v) is 7.81. The highest BCUT2D eigenvalue weighted by Gasteiger charge is 2.50. The van der Waals surface area contributed by atoms with E-state index in [1.165, 1.54) is 11.3 Å². The maximum atomic E-state index is 12.5. The number of carbonyl (C=O) groups is 1. The molecule has 2 saturated heterocycles. The van der Waals surface area contributed by atoms with E-state index >= 15 is 0 Å². The molecule has 2 aromatic carbocycles. The van der Waals surface area contributed by atoms with Gasteiger partial charge < -0.3 is 4.74 Å². The van der Waals surface area contributed by atoms with Crippen molar-refractivity contribution in [3.8, 4) is 11.5 Å². The minimum absolute atomic E-state index is 0.0295. The Hall–Kier alpha value is -2.45. The zero-order valence-corrected chi connectivity index (χ0v) is 15.9. The number of thiazole rings is 1. The van der Waals surface area contributed by atoms with Gasteiger partial charge >= 0.3 is 0 Å². The second kappa shape index (κ2) is 6.03. The quantitative estimate of drug-likeness (QED) is 0.675. The van der Waals surface area contributed by atoms with Crippen LogP contribution in [0.4, 0.5) is 5.13 Å².